The molecule has 1 heterocycles. The van der Waals surface area contributed by atoms with Gasteiger partial charge in [0.25, 0.3) is 0 Å². The van der Waals surface area contributed by atoms with Crippen molar-refractivity contribution in [2.24, 2.45) is 0 Å². The summed E-state index contributed by atoms with van der Waals surface area (Å²) >= 11 is 0. The zero-order valence-electron chi connectivity index (χ0n) is 16.3. The molecular formula is C20H24N6O3. The summed E-state index contributed by atoms with van der Waals surface area (Å²) < 4.78 is 10.3. The van der Waals surface area contributed by atoms with Crippen molar-refractivity contribution in [3.8, 4) is 11.5 Å². The number of aromatic nitrogens is 3. The molecule has 152 valence electrons. The lowest BCUT2D eigenvalue weighted by Gasteiger charge is -2.11. The van der Waals surface area contributed by atoms with E-state index in [0.717, 1.165) is 22.7 Å². The number of benzene rings is 2. The Bertz CT molecular complexity index is 903. The van der Waals surface area contributed by atoms with Gasteiger partial charge in [0.2, 0.25) is 17.8 Å². The van der Waals surface area contributed by atoms with E-state index >= 15 is 0 Å². The molecule has 0 radical (unpaired) electrons. The van der Waals surface area contributed by atoms with Crippen LogP contribution in [0.4, 0.5) is 23.5 Å². The van der Waals surface area contributed by atoms with E-state index in [1.807, 2.05) is 48.5 Å². The third-order valence-corrected chi connectivity index (χ3v) is 3.99. The van der Waals surface area contributed by atoms with Gasteiger partial charge in [-0.1, -0.05) is 12.1 Å². The minimum Gasteiger partial charge on any atom is -0.497 e. The predicted octanol–water partition coefficient (Wildman–Crippen LogP) is 2.65. The Balaban J connectivity index is 1.74. The lowest BCUT2D eigenvalue weighted by atomic mass is 10.2. The van der Waals surface area contributed by atoms with Crippen molar-refractivity contribution in [3.05, 3.63) is 54.1 Å². The highest BCUT2D eigenvalue weighted by Gasteiger charge is 2.07. The van der Waals surface area contributed by atoms with E-state index in [2.05, 4.69) is 30.9 Å². The predicted molar refractivity (Wildman–Crippen MR) is 112 cm³/mol. The van der Waals surface area contributed by atoms with Crippen molar-refractivity contribution in [3.63, 3.8) is 0 Å². The maximum absolute atomic E-state index is 9.06. The van der Waals surface area contributed by atoms with Crippen LogP contribution in [-0.4, -0.2) is 47.4 Å². The van der Waals surface area contributed by atoms with Crippen molar-refractivity contribution < 1.29 is 14.6 Å². The molecule has 9 heteroatoms. The van der Waals surface area contributed by atoms with E-state index in [-0.39, 0.29) is 6.61 Å². The van der Waals surface area contributed by atoms with Crippen LogP contribution in [0.2, 0.25) is 0 Å². The molecule has 29 heavy (non-hydrogen) atoms. The fourth-order valence-electron chi connectivity index (χ4n) is 2.49. The lowest BCUT2D eigenvalue weighted by molar-refractivity contribution is 0.311. The van der Waals surface area contributed by atoms with Gasteiger partial charge in [-0.2, -0.15) is 15.0 Å². The molecule has 0 aliphatic carbocycles. The summed E-state index contributed by atoms with van der Waals surface area (Å²) in [4.78, 5) is 13.1. The molecule has 0 bridgehead atoms. The number of nitrogens with zero attached hydrogens (tertiary/aromatic N) is 3. The van der Waals surface area contributed by atoms with Gasteiger partial charge in [0.05, 0.1) is 20.8 Å². The molecule has 1 aromatic heterocycles. The summed E-state index contributed by atoms with van der Waals surface area (Å²) in [7, 11) is 3.25. The molecule has 9 nitrogen and oxygen atoms in total. The van der Waals surface area contributed by atoms with Gasteiger partial charge in [0.15, 0.2) is 0 Å². The number of hydrogen-bond acceptors (Lipinski definition) is 9. The third-order valence-electron chi connectivity index (χ3n) is 3.99. The summed E-state index contributed by atoms with van der Waals surface area (Å²) in [5, 5.41) is 18.4. The highest BCUT2D eigenvalue weighted by Crippen LogP contribution is 2.19. The van der Waals surface area contributed by atoms with Gasteiger partial charge in [-0.05, 0) is 42.0 Å². The second kappa shape index (κ2) is 10.1. The highest BCUT2D eigenvalue weighted by molar-refractivity contribution is 5.56. The standard InChI is InChI=1S/C20H24N6O3/c1-28-16-7-3-14(4-8-16)13-22-19-24-18(21-11-12-27)25-20(26-19)23-15-5-9-17(29-2)10-6-15/h3-10,27H,11-13H2,1-2H3,(H3,21,22,23,24,25,26). The first-order valence-electron chi connectivity index (χ1n) is 9.09. The molecule has 0 atom stereocenters. The minimum absolute atomic E-state index is 0.0263. The van der Waals surface area contributed by atoms with Crippen molar-refractivity contribution in [2.75, 3.05) is 43.3 Å². The van der Waals surface area contributed by atoms with Crippen LogP contribution in [0.15, 0.2) is 48.5 Å². The number of anilines is 4. The second-order valence-electron chi connectivity index (χ2n) is 6.01. The Labute approximate surface area is 169 Å². The number of hydrogen-bond donors (Lipinski definition) is 4. The van der Waals surface area contributed by atoms with Crippen LogP contribution < -0.4 is 25.4 Å². The Hall–Kier alpha value is -3.59. The van der Waals surface area contributed by atoms with Crippen LogP contribution in [0, 0.1) is 0 Å². The maximum Gasteiger partial charge on any atom is 0.233 e. The van der Waals surface area contributed by atoms with E-state index in [1.165, 1.54) is 0 Å². The SMILES string of the molecule is COc1ccc(CNc2nc(NCCO)nc(Nc3ccc(OC)cc3)n2)cc1. The zero-order valence-corrected chi connectivity index (χ0v) is 16.3. The average molecular weight is 396 g/mol. The van der Waals surface area contributed by atoms with Crippen LogP contribution in [0.25, 0.3) is 0 Å². The van der Waals surface area contributed by atoms with Gasteiger partial charge < -0.3 is 30.5 Å². The summed E-state index contributed by atoms with van der Waals surface area (Å²) in [6.45, 7) is 0.848. The molecule has 2 aromatic carbocycles. The molecule has 0 unspecified atom stereocenters. The lowest BCUT2D eigenvalue weighted by Crippen LogP contribution is -2.13. The number of ether oxygens (including phenoxy) is 2. The summed E-state index contributed by atoms with van der Waals surface area (Å²) in [5.41, 5.74) is 1.87. The van der Waals surface area contributed by atoms with Crippen LogP contribution in [0.3, 0.4) is 0 Å². The molecule has 3 rings (SSSR count). The number of rotatable bonds is 10. The summed E-state index contributed by atoms with van der Waals surface area (Å²) in [6, 6.07) is 15.2. The van der Waals surface area contributed by atoms with Gasteiger partial charge in [0, 0.05) is 18.8 Å². The van der Waals surface area contributed by atoms with Crippen molar-refractivity contribution in [2.45, 2.75) is 6.54 Å². The van der Waals surface area contributed by atoms with Crippen molar-refractivity contribution in [1.29, 1.82) is 0 Å². The highest BCUT2D eigenvalue weighted by atomic mass is 16.5. The van der Waals surface area contributed by atoms with E-state index in [4.69, 9.17) is 14.6 Å². The third kappa shape index (κ3) is 5.94. The molecule has 0 amide bonds. The largest absolute Gasteiger partial charge is 0.497 e. The molecule has 0 spiro atoms. The van der Waals surface area contributed by atoms with Crippen LogP contribution >= 0.6 is 0 Å². The number of methoxy groups -OCH3 is 2. The molecule has 0 aliphatic rings. The van der Waals surface area contributed by atoms with E-state index in [9.17, 15) is 0 Å². The fourth-order valence-corrected chi connectivity index (χ4v) is 2.49. The first-order valence-corrected chi connectivity index (χ1v) is 9.09. The van der Waals surface area contributed by atoms with Crippen LogP contribution in [-0.2, 0) is 6.54 Å². The Morgan fingerprint density at radius 3 is 1.90 bits per heavy atom. The smallest absolute Gasteiger partial charge is 0.233 e. The van der Waals surface area contributed by atoms with Crippen molar-refractivity contribution in [1.82, 2.24) is 15.0 Å². The Morgan fingerprint density at radius 1 is 0.759 bits per heavy atom. The minimum atomic E-state index is -0.0263. The van der Waals surface area contributed by atoms with E-state index in [1.54, 1.807) is 14.2 Å². The second-order valence-corrected chi connectivity index (χ2v) is 6.01. The van der Waals surface area contributed by atoms with Crippen LogP contribution in [0.5, 0.6) is 11.5 Å². The molecule has 4 N–H and O–H groups in total. The monoisotopic (exact) mass is 396 g/mol. The molecule has 0 fully saturated rings. The van der Waals surface area contributed by atoms with Gasteiger partial charge in [-0.3, -0.25) is 0 Å². The van der Waals surface area contributed by atoms with E-state index < -0.39 is 0 Å². The number of nitrogens with one attached hydrogen (secondary N) is 3. The Morgan fingerprint density at radius 2 is 1.31 bits per heavy atom. The molecule has 0 saturated heterocycles. The molecule has 0 aliphatic heterocycles. The van der Waals surface area contributed by atoms with Gasteiger partial charge in [-0.25, -0.2) is 0 Å². The topological polar surface area (TPSA) is 113 Å². The normalized spacial score (nSPS) is 10.3. The van der Waals surface area contributed by atoms with Crippen LogP contribution in [0.1, 0.15) is 5.56 Å². The fraction of sp³-hybridized carbons (Fsp3) is 0.250. The number of aliphatic hydroxyl groups excluding tert-OH is 1. The van der Waals surface area contributed by atoms with E-state index in [0.29, 0.717) is 30.9 Å². The van der Waals surface area contributed by atoms with Gasteiger partial charge in [0.1, 0.15) is 11.5 Å². The summed E-state index contributed by atoms with van der Waals surface area (Å²) in [6.07, 6.45) is 0. The zero-order chi connectivity index (χ0) is 20.5. The first-order chi connectivity index (χ1) is 14.2. The number of aliphatic hydroxyl groups is 1. The van der Waals surface area contributed by atoms with Crippen molar-refractivity contribution >= 4 is 23.5 Å². The van der Waals surface area contributed by atoms with Gasteiger partial charge >= 0.3 is 0 Å². The average Bonchev–Trinajstić information content (AvgIpc) is 2.77. The molecular weight excluding hydrogens is 372 g/mol. The van der Waals surface area contributed by atoms with Gasteiger partial charge in [-0.15, -0.1) is 0 Å². The maximum atomic E-state index is 9.06. The molecule has 3 aromatic rings. The quantitative estimate of drug-likeness (QED) is 0.411. The molecule has 0 saturated carbocycles. The Kier molecular flexibility index (Phi) is 7.01. The summed E-state index contributed by atoms with van der Waals surface area (Å²) in [5.74, 6) is 2.71. The first kappa shape index (κ1) is 20.2.